The molecule has 0 spiro atoms. The molecule has 1 fully saturated rings. The summed E-state index contributed by atoms with van der Waals surface area (Å²) < 4.78 is 5.79. The molecule has 1 atom stereocenters. The lowest BCUT2D eigenvalue weighted by Crippen LogP contribution is -2.53. The summed E-state index contributed by atoms with van der Waals surface area (Å²) in [6.45, 7) is 6.28. The average molecular weight is 278 g/mol. The van der Waals surface area contributed by atoms with E-state index in [2.05, 4.69) is 9.88 Å². The number of nitrogens with zero attached hydrogens (tertiary/aromatic N) is 2. The van der Waals surface area contributed by atoms with Crippen molar-refractivity contribution in [1.82, 2.24) is 9.88 Å². The minimum Gasteiger partial charge on any atom is -0.394 e. The quantitative estimate of drug-likeness (QED) is 0.545. The maximum absolute atomic E-state index is 9.32. The maximum atomic E-state index is 9.32. The molecule has 1 aliphatic heterocycles. The van der Waals surface area contributed by atoms with Gasteiger partial charge in [-0.2, -0.15) is 0 Å². The Balaban J connectivity index is 2.09. The Labute approximate surface area is 119 Å². The normalized spacial score (nSPS) is 22.6. The van der Waals surface area contributed by atoms with Crippen LogP contribution >= 0.6 is 0 Å². The summed E-state index contributed by atoms with van der Waals surface area (Å²) >= 11 is 0. The molecule has 0 aromatic carbocycles. The number of pyridine rings is 1. The number of nitrogen functional groups attached to an aromatic ring is 1. The van der Waals surface area contributed by atoms with E-state index >= 15 is 0 Å². The van der Waals surface area contributed by atoms with E-state index in [1.807, 2.05) is 26.0 Å². The van der Waals surface area contributed by atoms with Gasteiger partial charge in [-0.05, 0) is 31.5 Å². The molecule has 0 aliphatic carbocycles. The fraction of sp³-hybridized carbons (Fsp3) is 0.571. The highest BCUT2D eigenvalue weighted by atomic mass is 16.5. The van der Waals surface area contributed by atoms with Crippen LogP contribution in [0.1, 0.15) is 25.1 Å². The fourth-order valence-electron chi connectivity index (χ4n) is 2.61. The van der Waals surface area contributed by atoms with Gasteiger partial charge in [0, 0.05) is 25.8 Å². The summed E-state index contributed by atoms with van der Waals surface area (Å²) in [5.41, 5.74) is 6.73. The first-order chi connectivity index (χ1) is 9.39. The highest BCUT2D eigenvalue weighted by Crippen LogP contribution is 2.22. The van der Waals surface area contributed by atoms with E-state index in [4.69, 9.17) is 15.9 Å². The molecule has 110 valence electrons. The standard InChI is InChI=1S/C14H22N4O2/c1-14(2)9-18(7-11(8-19)20-14)6-10-3-4-17-12(5-10)13(15)16/h3-5,11,19H,6-9H2,1-2H3,(H3,15,16). The van der Waals surface area contributed by atoms with Gasteiger partial charge in [-0.15, -0.1) is 0 Å². The third-order valence-electron chi connectivity index (χ3n) is 3.26. The van der Waals surface area contributed by atoms with Crippen LogP contribution in [0, 0.1) is 5.41 Å². The van der Waals surface area contributed by atoms with Crippen molar-refractivity contribution in [3.8, 4) is 0 Å². The number of rotatable bonds is 4. The average Bonchev–Trinajstić information content (AvgIpc) is 2.37. The minimum atomic E-state index is -0.276. The van der Waals surface area contributed by atoms with Gasteiger partial charge >= 0.3 is 0 Å². The number of aliphatic hydroxyl groups is 1. The topological polar surface area (TPSA) is 95.5 Å². The Morgan fingerprint density at radius 2 is 2.40 bits per heavy atom. The number of hydrogen-bond acceptors (Lipinski definition) is 5. The van der Waals surface area contributed by atoms with Gasteiger partial charge in [0.05, 0.1) is 18.3 Å². The van der Waals surface area contributed by atoms with Crippen LogP contribution in [-0.4, -0.2) is 52.2 Å². The van der Waals surface area contributed by atoms with Crippen LogP contribution in [0.15, 0.2) is 18.3 Å². The monoisotopic (exact) mass is 278 g/mol. The van der Waals surface area contributed by atoms with E-state index in [9.17, 15) is 5.11 Å². The highest BCUT2D eigenvalue weighted by molar-refractivity contribution is 5.93. The molecule has 6 heteroatoms. The summed E-state index contributed by atoms with van der Waals surface area (Å²) in [5, 5.41) is 16.7. The number of aromatic nitrogens is 1. The van der Waals surface area contributed by atoms with Crippen molar-refractivity contribution in [2.24, 2.45) is 5.73 Å². The van der Waals surface area contributed by atoms with Gasteiger partial charge in [-0.25, -0.2) is 0 Å². The summed E-state index contributed by atoms with van der Waals surface area (Å²) in [4.78, 5) is 6.30. The molecular formula is C14H22N4O2. The fourth-order valence-corrected chi connectivity index (χ4v) is 2.61. The number of hydrogen-bond donors (Lipinski definition) is 3. The number of aliphatic hydroxyl groups excluding tert-OH is 1. The molecule has 6 nitrogen and oxygen atoms in total. The first kappa shape index (κ1) is 14.9. The molecule has 1 aliphatic rings. The van der Waals surface area contributed by atoms with Gasteiger partial charge in [-0.1, -0.05) is 0 Å². The van der Waals surface area contributed by atoms with E-state index in [-0.39, 0.29) is 24.1 Å². The zero-order valence-electron chi connectivity index (χ0n) is 12.0. The molecule has 1 aromatic heterocycles. The smallest absolute Gasteiger partial charge is 0.141 e. The molecule has 0 amide bonds. The second-order valence-electron chi connectivity index (χ2n) is 5.81. The van der Waals surface area contributed by atoms with E-state index in [0.717, 1.165) is 18.7 Å². The van der Waals surface area contributed by atoms with Crippen molar-refractivity contribution in [2.45, 2.75) is 32.1 Å². The largest absolute Gasteiger partial charge is 0.394 e. The molecule has 1 saturated heterocycles. The van der Waals surface area contributed by atoms with Crippen LogP contribution in [0.25, 0.3) is 0 Å². The van der Waals surface area contributed by atoms with E-state index in [1.165, 1.54) is 0 Å². The molecular weight excluding hydrogens is 256 g/mol. The number of ether oxygens (including phenoxy) is 1. The Bertz CT molecular complexity index is 490. The van der Waals surface area contributed by atoms with Crippen molar-refractivity contribution in [3.05, 3.63) is 29.6 Å². The molecule has 4 N–H and O–H groups in total. The molecule has 0 radical (unpaired) electrons. The van der Waals surface area contributed by atoms with Crippen molar-refractivity contribution in [2.75, 3.05) is 19.7 Å². The maximum Gasteiger partial charge on any atom is 0.141 e. The van der Waals surface area contributed by atoms with Gasteiger partial charge in [0.15, 0.2) is 0 Å². The van der Waals surface area contributed by atoms with Crippen molar-refractivity contribution >= 4 is 5.84 Å². The summed E-state index contributed by atoms with van der Waals surface area (Å²) in [6.07, 6.45) is 1.51. The number of morpholine rings is 1. The van der Waals surface area contributed by atoms with Crippen LogP contribution in [-0.2, 0) is 11.3 Å². The predicted molar refractivity (Wildman–Crippen MR) is 76.6 cm³/mol. The molecule has 0 bridgehead atoms. The van der Waals surface area contributed by atoms with Crippen LogP contribution in [0.3, 0.4) is 0 Å². The molecule has 1 aromatic rings. The van der Waals surface area contributed by atoms with E-state index in [1.54, 1.807) is 6.20 Å². The molecule has 0 saturated carbocycles. The first-order valence-electron chi connectivity index (χ1n) is 6.70. The number of nitrogens with two attached hydrogens (primary N) is 1. The van der Waals surface area contributed by atoms with Gasteiger partial charge < -0.3 is 15.6 Å². The zero-order valence-corrected chi connectivity index (χ0v) is 12.0. The van der Waals surface area contributed by atoms with E-state index in [0.29, 0.717) is 12.2 Å². The lowest BCUT2D eigenvalue weighted by atomic mass is 10.0. The summed E-state index contributed by atoms with van der Waals surface area (Å²) in [5.74, 6) is -0.0256. The molecule has 1 unspecified atom stereocenters. The lowest BCUT2D eigenvalue weighted by Gasteiger charge is -2.42. The molecule has 20 heavy (non-hydrogen) atoms. The van der Waals surface area contributed by atoms with Crippen LogP contribution in [0.5, 0.6) is 0 Å². The van der Waals surface area contributed by atoms with Crippen molar-refractivity contribution < 1.29 is 9.84 Å². The third kappa shape index (κ3) is 3.75. The first-order valence-corrected chi connectivity index (χ1v) is 6.70. The van der Waals surface area contributed by atoms with Crippen LogP contribution < -0.4 is 5.73 Å². The molecule has 2 heterocycles. The van der Waals surface area contributed by atoms with E-state index < -0.39 is 0 Å². The zero-order chi connectivity index (χ0) is 14.8. The van der Waals surface area contributed by atoms with Gasteiger partial charge in [0.2, 0.25) is 0 Å². The van der Waals surface area contributed by atoms with Gasteiger partial charge in [0.1, 0.15) is 11.5 Å². The third-order valence-corrected chi connectivity index (χ3v) is 3.26. The van der Waals surface area contributed by atoms with Crippen molar-refractivity contribution in [1.29, 1.82) is 5.41 Å². The molecule has 2 rings (SSSR count). The lowest BCUT2D eigenvalue weighted by molar-refractivity contribution is -0.150. The Hall–Kier alpha value is -1.50. The number of nitrogens with one attached hydrogen (secondary N) is 1. The number of amidine groups is 1. The summed E-state index contributed by atoms with van der Waals surface area (Å²) in [7, 11) is 0. The predicted octanol–water partition coefficient (Wildman–Crippen LogP) is 0.337. The second-order valence-corrected chi connectivity index (χ2v) is 5.81. The van der Waals surface area contributed by atoms with Crippen molar-refractivity contribution in [3.63, 3.8) is 0 Å². The Morgan fingerprint density at radius 1 is 1.65 bits per heavy atom. The SMILES string of the molecule is CC1(C)CN(Cc2ccnc(C(=N)N)c2)CC(CO)O1. The summed E-state index contributed by atoms with van der Waals surface area (Å²) in [6, 6.07) is 3.75. The second kappa shape index (κ2) is 5.87. The minimum absolute atomic E-state index is 0.0228. The van der Waals surface area contributed by atoms with Crippen LogP contribution in [0.4, 0.5) is 0 Å². The van der Waals surface area contributed by atoms with Gasteiger partial charge in [0.25, 0.3) is 0 Å². The highest BCUT2D eigenvalue weighted by Gasteiger charge is 2.32. The van der Waals surface area contributed by atoms with Gasteiger partial charge in [-0.3, -0.25) is 15.3 Å². The van der Waals surface area contributed by atoms with Crippen LogP contribution in [0.2, 0.25) is 0 Å². The Kier molecular flexibility index (Phi) is 4.37. The Morgan fingerprint density at radius 3 is 3.05 bits per heavy atom.